The molecule has 3 aromatic rings. The minimum atomic E-state index is -0.252. The molecule has 176 valence electrons. The summed E-state index contributed by atoms with van der Waals surface area (Å²) < 4.78 is 5.73. The van der Waals surface area contributed by atoms with Crippen molar-refractivity contribution < 1.29 is 14.3 Å². The highest BCUT2D eigenvalue weighted by molar-refractivity contribution is 7.15. The van der Waals surface area contributed by atoms with Gasteiger partial charge in [-0.25, -0.2) is 9.78 Å². The third-order valence-corrected chi connectivity index (χ3v) is 7.95. The number of amides is 2. The lowest BCUT2D eigenvalue weighted by molar-refractivity contribution is -0.132. The lowest BCUT2D eigenvalue weighted by Gasteiger charge is -2.37. The van der Waals surface area contributed by atoms with Crippen LogP contribution in [0.15, 0.2) is 60.7 Å². The van der Waals surface area contributed by atoms with Crippen molar-refractivity contribution in [1.29, 1.82) is 0 Å². The number of rotatable bonds is 5. The Kier molecular flexibility index (Phi) is 6.37. The number of thiazole rings is 1. The fourth-order valence-electron chi connectivity index (χ4n) is 5.00. The van der Waals surface area contributed by atoms with Crippen LogP contribution in [0.4, 0.5) is 4.79 Å². The third-order valence-electron chi connectivity index (χ3n) is 6.89. The largest absolute Gasteiger partial charge is 0.439 e. The molecule has 2 fully saturated rings. The smallest absolute Gasteiger partial charge is 0.411 e. The number of hydrogen-bond acceptors (Lipinski definition) is 5. The van der Waals surface area contributed by atoms with Crippen molar-refractivity contribution in [3.8, 4) is 10.6 Å². The number of likely N-dealkylation sites (tertiary alicyclic amines) is 1. The number of nitrogens with zero attached hydrogens (tertiary/aromatic N) is 3. The van der Waals surface area contributed by atoms with Crippen LogP contribution in [0, 0.1) is 6.92 Å². The van der Waals surface area contributed by atoms with Crippen molar-refractivity contribution in [3.63, 3.8) is 0 Å². The lowest BCUT2D eigenvalue weighted by atomic mass is 9.98. The molecule has 3 heterocycles. The number of ether oxygens (including phenoxy) is 1. The Morgan fingerprint density at radius 3 is 2.38 bits per heavy atom. The average molecular weight is 476 g/mol. The van der Waals surface area contributed by atoms with E-state index in [0.717, 1.165) is 39.5 Å². The summed E-state index contributed by atoms with van der Waals surface area (Å²) in [5.41, 5.74) is 2.96. The maximum absolute atomic E-state index is 13.0. The molecule has 0 saturated carbocycles. The van der Waals surface area contributed by atoms with Gasteiger partial charge in [-0.3, -0.25) is 9.69 Å². The number of hydrogen-bond donors (Lipinski definition) is 0. The van der Waals surface area contributed by atoms with E-state index < -0.39 is 0 Å². The van der Waals surface area contributed by atoms with Crippen molar-refractivity contribution in [1.82, 2.24) is 14.8 Å². The van der Waals surface area contributed by atoms with E-state index in [4.69, 9.17) is 9.72 Å². The second kappa shape index (κ2) is 9.58. The van der Waals surface area contributed by atoms with Gasteiger partial charge in [-0.1, -0.05) is 60.7 Å². The van der Waals surface area contributed by atoms with Gasteiger partial charge in [-0.05, 0) is 32.3 Å². The maximum atomic E-state index is 13.0. The zero-order chi connectivity index (χ0) is 23.7. The van der Waals surface area contributed by atoms with Crippen LogP contribution < -0.4 is 0 Å². The molecule has 2 aliphatic heterocycles. The second-order valence-corrected chi connectivity index (χ2v) is 10.2. The summed E-state index contributed by atoms with van der Waals surface area (Å²) >= 11 is 1.63. The van der Waals surface area contributed by atoms with E-state index in [9.17, 15) is 9.59 Å². The molecule has 2 aliphatic rings. The van der Waals surface area contributed by atoms with Crippen molar-refractivity contribution in [2.75, 3.05) is 13.1 Å². The van der Waals surface area contributed by atoms with Gasteiger partial charge in [0.1, 0.15) is 11.1 Å². The van der Waals surface area contributed by atoms with Crippen molar-refractivity contribution in [3.05, 3.63) is 76.8 Å². The minimum absolute atomic E-state index is 0.0313. The maximum Gasteiger partial charge on any atom is 0.411 e. The zero-order valence-electron chi connectivity index (χ0n) is 19.5. The van der Waals surface area contributed by atoms with Gasteiger partial charge >= 0.3 is 6.09 Å². The van der Waals surface area contributed by atoms with Crippen LogP contribution in [0.25, 0.3) is 10.6 Å². The number of cyclic esters (lactones) is 1. The summed E-state index contributed by atoms with van der Waals surface area (Å²) in [4.78, 5) is 35.4. The van der Waals surface area contributed by atoms with Gasteiger partial charge in [0.05, 0.1) is 18.2 Å². The van der Waals surface area contributed by atoms with E-state index in [1.54, 1.807) is 11.3 Å². The Labute approximate surface area is 204 Å². The SMILES string of the molecule is Cc1sc(-c2ccccc2)nc1CC(=O)N1CCC(N2C(=O)O[C@H](c3ccccc3)[C@@H]2C)CC1. The lowest BCUT2D eigenvalue weighted by Crippen LogP contribution is -2.49. The first-order chi connectivity index (χ1) is 16.5. The molecule has 1 aromatic heterocycles. The summed E-state index contributed by atoms with van der Waals surface area (Å²) in [6.07, 6.45) is 1.34. The van der Waals surface area contributed by atoms with Crippen LogP contribution >= 0.6 is 11.3 Å². The molecule has 2 saturated heterocycles. The first-order valence-corrected chi connectivity index (χ1v) is 12.7. The van der Waals surface area contributed by atoms with Crippen LogP contribution in [0.2, 0.25) is 0 Å². The van der Waals surface area contributed by atoms with E-state index in [1.807, 2.05) is 77.4 Å². The van der Waals surface area contributed by atoms with Gasteiger partial charge in [0.15, 0.2) is 0 Å². The molecular weight excluding hydrogens is 446 g/mol. The van der Waals surface area contributed by atoms with Gasteiger partial charge in [-0.15, -0.1) is 11.3 Å². The molecule has 7 heteroatoms. The van der Waals surface area contributed by atoms with Crippen LogP contribution in [0.5, 0.6) is 0 Å². The van der Waals surface area contributed by atoms with Crippen LogP contribution in [-0.4, -0.2) is 52.0 Å². The van der Waals surface area contributed by atoms with Gasteiger partial charge in [0.2, 0.25) is 5.91 Å². The molecule has 34 heavy (non-hydrogen) atoms. The Bertz CT molecular complexity index is 1160. The van der Waals surface area contributed by atoms with Crippen molar-refractivity contribution in [2.45, 2.75) is 51.3 Å². The Balaban J connectivity index is 1.19. The molecule has 0 radical (unpaired) electrons. The average Bonchev–Trinajstić information content (AvgIpc) is 3.38. The zero-order valence-corrected chi connectivity index (χ0v) is 20.3. The molecule has 5 rings (SSSR count). The molecular formula is C27H29N3O3S. The van der Waals surface area contributed by atoms with Crippen molar-refractivity contribution in [2.24, 2.45) is 0 Å². The summed E-state index contributed by atoms with van der Waals surface area (Å²) in [5.74, 6) is 0.102. The van der Waals surface area contributed by atoms with Gasteiger partial charge < -0.3 is 9.64 Å². The molecule has 0 bridgehead atoms. The Morgan fingerprint density at radius 2 is 1.71 bits per heavy atom. The predicted molar refractivity (Wildman–Crippen MR) is 133 cm³/mol. The number of carbonyl (C=O) groups excluding carboxylic acids is 2. The molecule has 0 aliphatic carbocycles. The van der Waals surface area contributed by atoms with Gasteiger partial charge in [0, 0.05) is 29.6 Å². The van der Waals surface area contributed by atoms with E-state index in [0.29, 0.717) is 19.5 Å². The fourth-order valence-corrected chi connectivity index (χ4v) is 5.93. The standard InChI is InChI=1S/C27H29N3O3S/c1-18-25(20-9-5-3-6-10-20)33-27(32)30(18)22-13-15-29(16-14-22)24(31)17-23-19(2)34-26(28-23)21-11-7-4-8-12-21/h3-12,18,22,25H,13-17H2,1-2H3/t18-,25-/m0/s1. The molecule has 2 atom stereocenters. The normalized spacial score (nSPS) is 21.1. The number of benzene rings is 2. The monoisotopic (exact) mass is 475 g/mol. The molecule has 2 aromatic carbocycles. The van der Waals surface area contributed by atoms with E-state index in [-0.39, 0.29) is 30.2 Å². The van der Waals surface area contributed by atoms with E-state index in [2.05, 4.69) is 6.92 Å². The first kappa shape index (κ1) is 22.6. The first-order valence-electron chi connectivity index (χ1n) is 11.8. The predicted octanol–water partition coefficient (Wildman–Crippen LogP) is 5.23. The van der Waals surface area contributed by atoms with E-state index >= 15 is 0 Å². The third kappa shape index (κ3) is 4.44. The van der Waals surface area contributed by atoms with Crippen LogP contribution in [0.3, 0.4) is 0 Å². The highest BCUT2D eigenvalue weighted by Gasteiger charge is 2.44. The Hall–Kier alpha value is -3.19. The topological polar surface area (TPSA) is 62.7 Å². The number of piperidine rings is 1. The molecule has 6 nitrogen and oxygen atoms in total. The van der Waals surface area contributed by atoms with E-state index in [1.165, 1.54) is 0 Å². The van der Waals surface area contributed by atoms with Crippen LogP contribution in [-0.2, 0) is 16.0 Å². The molecule has 0 N–H and O–H groups in total. The summed E-state index contributed by atoms with van der Waals surface area (Å²) in [6.45, 7) is 5.37. The molecule has 0 unspecified atom stereocenters. The summed E-state index contributed by atoms with van der Waals surface area (Å²) in [5, 5.41) is 0.953. The molecule has 0 spiro atoms. The number of aryl methyl sites for hydroxylation is 1. The van der Waals surface area contributed by atoms with Gasteiger partial charge in [0.25, 0.3) is 0 Å². The van der Waals surface area contributed by atoms with Gasteiger partial charge in [-0.2, -0.15) is 0 Å². The minimum Gasteiger partial charge on any atom is -0.439 e. The Morgan fingerprint density at radius 1 is 1.06 bits per heavy atom. The fraction of sp³-hybridized carbons (Fsp3) is 0.370. The summed E-state index contributed by atoms with van der Waals surface area (Å²) in [6, 6.07) is 20.0. The second-order valence-electron chi connectivity index (χ2n) is 9.04. The van der Waals surface area contributed by atoms with Crippen molar-refractivity contribution >= 4 is 23.3 Å². The number of aromatic nitrogens is 1. The highest BCUT2D eigenvalue weighted by atomic mass is 32.1. The highest BCUT2D eigenvalue weighted by Crippen LogP contribution is 2.36. The van der Waals surface area contributed by atoms with Crippen LogP contribution in [0.1, 0.15) is 42.0 Å². The number of carbonyl (C=O) groups is 2. The molecule has 2 amide bonds. The quantitative estimate of drug-likeness (QED) is 0.507. The summed E-state index contributed by atoms with van der Waals surface area (Å²) in [7, 11) is 0.